The molecule has 1 aromatic heterocycles. The van der Waals surface area contributed by atoms with Gasteiger partial charge in [-0.1, -0.05) is 26.0 Å². The number of aromatic nitrogens is 3. The molecular weight excluding hydrogens is 240 g/mol. The Morgan fingerprint density at radius 1 is 1.37 bits per heavy atom. The molecule has 1 rings (SSSR count). The van der Waals surface area contributed by atoms with E-state index in [0.29, 0.717) is 0 Å². The van der Waals surface area contributed by atoms with Gasteiger partial charge in [0, 0.05) is 13.7 Å². The smallest absolute Gasteiger partial charge is 0.0857 e. The maximum absolute atomic E-state index is 5.77. The molecule has 2 unspecified atom stereocenters. The van der Waals surface area contributed by atoms with Gasteiger partial charge in [-0.25, -0.2) is 4.68 Å². The van der Waals surface area contributed by atoms with Crippen LogP contribution in [0.3, 0.4) is 0 Å². The second-order valence-electron chi connectivity index (χ2n) is 5.14. The molecular formula is C14H28N4O. The minimum Gasteiger partial charge on any atom is -0.376 e. The average Bonchev–Trinajstić information content (AvgIpc) is 2.87. The molecule has 0 fully saturated rings. The number of nitrogens with zero attached hydrogens (tertiary/aromatic N) is 3. The highest BCUT2D eigenvalue weighted by molar-refractivity contribution is 5.09. The minimum atomic E-state index is -0.248. The normalized spacial score (nSPS) is 16.3. The molecule has 0 aliphatic carbocycles. The Morgan fingerprint density at radius 2 is 2.11 bits per heavy atom. The third kappa shape index (κ3) is 3.76. The van der Waals surface area contributed by atoms with Gasteiger partial charge in [0.05, 0.1) is 23.5 Å². The topological polar surface area (TPSA) is 52.0 Å². The van der Waals surface area contributed by atoms with Crippen molar-refractivity contribution in [3.8, 4) is 0 Å². The number of nitrogens with one attached hydrogen (secondary N) is 1. The molecule has 2 atom stereocenters. The summed E-state index contributed by atoms with van der Waals surface area (Å²) in [7, 11) is 1.78. The molecule has 0 aromatic carbocycles. The predicted octanol–water partition coefficient (Wildman–Crippen LogP) is 2.54. The molecule has 0 amide bonds. The lowest BCUT2D eigenvalue weighted by Crippen LogP contribution is -2.44. The van der Waals surface area contributed by atoms with E-state index in [4.69, 9.17) is 4.74 Å². The van der Waals surface area contributed by atoms with Gasteiger partial charge in [-0.15, -0.1) is 5.10 Å². The van der Waals surface area contributed by atoms with Crippen LogP contribution in [0.5, 0.6) is 0 Å². The molecule has 0 aliphatic rings. The van der Waals surface area contributed by atoms with Gasteiger partial charge in [0.25, 0.3) is 0 Å². The highest BCUT2D eigenvalue weighted by atomic mass is 16.5. The van der Waals surface area contributed by atoms with Gasteiger partial charge in [-0.05, 0) is 32.7 Å². The summed E-state index contributed by atoms with van der Waals surface area (Å²) in [4.78, 5) is 0. The number of ether oxygens (including phenoxy) is 1. The first-order valence-electron chi connectivity index (χ1n) is 7.29. The van der Waals surface area contributed by atoms with Crippen LogP contribution in [-0.2, 0) is 11.3 Å². The fraction of sp³-hybridized carbons (Fsp3) is 0.857. The molecule has 0 aliphatic heterocycles. The van der Waals surface area contributed by atoms with Gasteiger partial charge >= 0.3 is 0 Å². The third-order valence-corrected chi connectivity index (χ3v) is 3.76. The van der Waals surface area contributed by atoms with E-state index in [0.717, 1.165) is 38.0 Å². The molecule has 5 heteroatoms. The molecule has 0 spiro atoms. The van der Waals surface area contributed by atoms with Crippen molar-refractivity contribution in [2.24, 2.45) is 0 Å². The summed E-state index contributed by atoms with van der Waals surface area (Å²) in [6.45, 7) is 10.5. The maximum atomic E-state index is 5.77. The van der Waals surface area contributed by atoms with Crippen LogP contribution in [0.25, 0.3) is 0 Å². The summed E-state index contributed by atoms with van der Waals surface area (Å²) >= 11 is 0. The average molecular weight is 268 g/mol. The van der Waals surface area contributed by atoms with E-state index in [1.165, 1.54) is 0 Å². The lowest BCUT2D eigenvalue weighted by atomic mass is 9.90. The number of aryl methyl sites for hydroxylation is 1. The van der Waals surface area contributed by atoms with Crippen LogP contribution in [0.2, 0.25) is 0 Å². The largest absolute Gasteiger partial charge is 0.376 e. The first kappa shape index (κ1) is 16.1. The van der Waals surface area contributed by atoms with Crippen LogP contribution in [0, 0.1) is 0 Å². The van der Waals surface area contributed by atoms with Gasteiger partial charge in [0.1, 0.15) is 0 Å². The Kier molecular flexibility index (Phi) is 6.45. The molecule has 0 radical (unpaired) electrons. The van der Waals surface area contributed by atoms with Crippen LogP contribution < -0.4 is 5.32 Å². The van der Waals surface area contributed by atoms with E-state index >= 15 is 0 Å². The quantitative estimate of drug-likeness (QED) is 0.748. The Bertz CT molecular complexity index is 360. The third-order valence-electron chi connectivity index (χ3n) is 3.76. The SMILES string of the molecule is CCCNC(c1cnnn1CCC)C(C)(CC)OC. The second kappa shape index (κ2) is 7.60. The molecule has 19 heavy (non-hydrogen) atoms. The second-order valence-corrected chi connectivity index (χ2v) is 5.14. The monoisotopic (exact) mass is 268 g/mol. The summed E-state index contributed by atoms with van der Waals surface area (Å²) in [5, 5.41) is 11.8. The lowest BCUT2D eigenvalue weighted by molar-refractivity contribution is -0.0322. The van der Waals surface area contributed by atoms with E-state index in [2.05, 4.69) is 43.3 Å². The van der Waals surface area contributed by atoms with Gasteiger partial charge in [-0.2, -0.15) is 0 Å². The lowest BCUT2D eigenvalue weighted by Gasteiger charge is -2.36. The van der Waals surface area contributed by atoms with Crippen molar-refractivity contribution in [1.82, 2.24) is 20.3 Å². The summed E-state index contributed by atoms with van der Waals surface area (Å²) in [6, 6.07) is 0.115. The summed E-state index contributed by atoms with van der Waals surface area (Å²) < 4.78 is 7.76. The molecule has 1 heterocycles. The zero-order valence-corrected chi connectivity index (χ0v) is 12.9. The van der Waals surface area contributed by atoms with E-state index in [-0.39, 0.29) is 11.6 Å². The standard InChI is InChI=1S/C14H28N4O/c1-6-9-15-13(14(4,8-3)19-5)12-11-16-17-18(12)10-7-2/h11,13,15H,6-10H2,1-5H3. The van der Waals surface area contributed by atoms with Crippen molar-refractivity contribution in [2.75, 3.05) is 13.7 Å². The fourth-order valence-corrected chi connectivity index (χ4v) is 2.26. The van der Waals surface area contributed by atoms with Crippen LogP contribution in [-0.4, -0.2) is 34.2 Å². The highest BCUT2D eigenvalue weighted by Crippen LogP contribution is 2.31. The van der Waals surface area contributed by atoms with E-state index in [9.17, 15) is 0 Å². The van der Waals surface area contributed by atoms with Crippen LogP contribution >= 0.6 is 0 Å². The van der Waals surface area contributed by atoms with Crippen molar-refractivity contribution in [1.29, 1.82) is 0 Å². The Hall–Kier alpha value is -0.940. The van der Waals surface area contributed by atoms with Crippen molar-refractivity contribution < 1.29 is 4.74 Å². The zero-order valence-electron chi connectivity index (χ0n) is 12.9. The van der Waals surface area contributed by atoms with E-state index in [1.54, 1.807) is 7.11 Å². The number of rotatable bonds is 9. The van der Waals surface area contributed by atoms with Crippen LogP contribution in [0.4, 0.5) is 0 Å². The van der Waals surface area contributed by atoms with Crippen molar-refractivity contribution >= 4 is 0 Å². The maximum Gasteiger partial charge on any atom is 0.0857 e. The number of hydrogen-bond acceptors (Lipinski definition) is 4. The molecule has 0 saturated carbocycles. The van der Waals surface area contributed by atoms with Gasteiger partial charge < -0.3 is 10.1 Å². The molecule has 1 N–H and O–H groups in total. The first-order chi connectivity index (χ1) is 9.12. The Morgan fingerprint density at radius 3 is 2.63 bits per heavy atom. The summed E-state index contributed by atoms with van der Waals surface area (Å²) in [5.41, 5.74) is 0.865. The number of methoxy groups -OCH3 is 1. The molecule has 5 nitrogen and oxygen atoms in total. The summed E-state index contributed by atoms with van der Waals surface area (Å²) in [5.74, 6) is 0. The van der Waals surface area contributed by atoms with Crippen molar-refractivity contribution in [3.05, 3.63) is 11.9 Å². The van der Waals surface area contributed by atoms with Crippen molar-refractivity contribution in [2.45, 2.75) is 65.1 Å². The summed E-state index contributed by atoms with van der Waals surface area (Å²) in [6.07, 6.45) is 4.93. The van der Waals surface area contributed by atoms with Crippen LogP contribution in [0.15, 0.2) is 6.20 Å². The number of hydrogen-bond donors (Lipinski definition) is 1. The Balaban J connectivity index is 3.04. The van der Waals surface area contributed by atoms with E-state index < -0.39 is 0 Å². The zero-order chi connectivity index (χ0) is 14.3. The van der Waals surface area contributed by atoms with E-state index in [1.807, 2.05) is 10.9 Å². The molecule has 1 aromatic rings. The van der Waals surface area contributed by atoms with Crippen molar-refractivity contribution in [3.63, 3.8) is 0 Å². The minimum absolute atomic E-state index is 0.115. The van der Waals surface area contributed by atoms with Gasteiger partial charge in [0.2, 0.25) is 0 Å². The molecule has 110 valence electrons. The predicted molar refractivity (Wildman–Crippen MR) is 77.1 cm³/mol. The molecule has 0 bridgehead atoms. The van der Waals surface area contributed by atoms with Gasteiger partial charge in [0.15, 0.2) is 0 Å². The van der Waals surface area contributed by atoms with Crippen LogP contribution in [0.1, 0.15) is 58.7 Å². The van der Waals surface area contributed by atoms with Gasteiger partial charge in [-0.3, -0.25) is 0 Å². The Labute approximate surface area is 116 Å². The highest BCUT2D eigenvalue weighted by Gasteiger charge is 2.35. The first-order valence-corrected chi connectivity index (χ1v) is 7.29. The fourth-order valence-electron chi connectivity index (χ4n) is 2.26. The molecule has 0 saturated heterocycles.